The zero-order valence-corrected chi connectivity index (χ0v) is 22.8. The number of nitrogens with two attached hydrogens (primary N) is 1. The van der Waals surface area contributed by atoms with E-state index in [1.807, 2.05) is 13.0 Å². The Balaban J connectivity index is 1.56. The predicted molar refractivity (Wildman–Crippen MR) is 139 cm³/mol. The molecule has 6 nitrogen and oxygen atoms in total. The lowest BCUT2D eigenvalue weighted by atomic mass is 9.46. The minimum Gasteiger partial charge on any atom is -0.393 e. The number of fused-ring (bicyclic) bond motifs is 5. The van der Waals surface area contributed by atoms with Gasteiger partial charge in [-0.05, 0) is 91.5 Å². The maximum atomic E-state index is 13.5. The highest BCUT2D eigenvalue weighted by molar-refractivity contribution is 14.1. The molecule has 0 saturated heterocycles. The van der Waals surface area contributed by atoms with Crippen molar-refractivity contribution in [2.75, 3.05) is 13.2 Å². The van der Waals surface area contributed by atoms with Gasteiger partial charge in [0.1, 0.15) is 15.8 Å². The third-order valence-electron chi connectivity index (χ3n) is 9.78. The van der Waals surface area contributed by atoms with Crippen LogP contribution in [0.4, 0.5) is 0 Å². The number of halogens is 1. The highest BCUT2D eigenvalue weighted by atomic mass is 127. The van der Waals surface area contributed by atoms with Crippen molar-refractivity contribution in [3.8, 4) is 0 Å². The maximum absolute atomic E-state index is 13.5. The van der Waals surface area contributed by atoms with Gasteiger partial charge < -0.3 is 20.7 Å². The number of hydrogen-bond acceptors (Lipinski definition) is 6. The van der Waals surface area contributed by atoms with E-state index in [1.54, 1.807) is 12.2 Å². The maximum Gasteiger partial charge on any atom is 0.190 e. The molecule has 0 aromatic carbocycles. The Hall–Kier alpha value is -0.610. The van der Waals surface area contributed by atoms with E-state index in [2.05, 4.69) is 36.4 Å². The molecule has 34 heavy (non-hydrogen) atoms. The quantitative estimate of drug-likeness (QED) is 0.295. The first-order valence-corrected chi connectivity index (χ1v) is 13.9. The molecule has 4 aliphatic carbocycles. The van der Waals surface area contributed by atoms with Crippen LogP contribution in [0.1, 0.15) is 72.1 Å². The standard InChI is InChI=1S/C27H40INO5/c1-4-5-10-26(28,16-29)34-15-22(32)27(33)12-9-20-19-7-6-17-13-18(30)8-11-24(17,2)23(19)21(31)14-25(20,27)3/h8,11,13,19-21,23,31,33H,4-7,9-10,12,14-16,29H2,1-3H3/t19-,20-,21-,23+,24-,25-,26?,27-/m0/s1. The van der Waals surface area contributed by atoms with Crippen LogP contribution in [0, 0.1) is 28.6 Å². The van der Waals surface area contributed by atoms with Crippen LogP contribution in [0.3, 0.4) is 0 Å². The normalized spacial score (nSPS) is 42.9. The Labute approximate surface area is 216 Å². The molecular weight excluding hydrogens is 545 g/mol. The summed E-state index contributed by atoms with van der Waals surface area (Å²) in [6, 6.07) is 0. The molecular formula is C27H40INO5. The number of carbonyl (C=O) groups excluding carboxylic acids is 2. The van der Waals surface area contributed by atoms with Crippen molar-refractivity contribution >= 4 is 34.2 Å². The molecule has 3 saturated carbocycles. The van der Waals surface area contributed by atoms with Gasteiger partial charge in [0, 0.05) is 23.3 Å². The average molecular weight is 586 g/mol. The van der Waals surface area contributed by atoms with E-state index in [0.29, 0.717) is 19.4 Å². The number of aliphatic hydroxyl groups is 2. The number of Topliss-reactive ketones (excluding diaryl/α,β-unsaturated/α-hetero) is 1. The fourth-order valence-electron chi connectivity index (χ4n) is 7.78. The number of unbranched alkanes of at least 4 members (excludes halogenated alkanes) is 1. The second kappa shape index (κ2) is 9.36. The van der Waals surface area contributed by atoms with E-state index >= 15 is 0 Å². The monoisotopic (exact) mass is 585 g/mol. The molecule has 4 rings (SSSR count). The van der Waals surface area contributed by atoms with Crippen LogP contribution in [0.15, 0.2) is 23.8 Å². The molecule has 8 atom stereocenters. The van der Waals surface area contributed by atoms with Gasteiger partial charge in [0.05, 0.1) is 6.10 Å². The Kier molecular flexibility index (Phi) is 7.28. The Morgan fingerprint density at radius 1 is 1.35 bits per heavy atom. The van der Waals surface area contributed by atoms with Gasteiger partial charge in [0.2, 0.25) is 0 Å². The third kappa shape index (κ3) is 4.07. The highest BCUT2D eigenvalue weighted by Gasteiger charge is 2.68. The van der Waals surface area contributed by atoms with Gasteiger partial charge in [-0.2, -0.15) is 0 Å². The molecule has 0 spiro atoms. The molecule has 0 bridgehead atoms. The van der Waals surface area contributed by atoms with Crippen molar-refractivity contribution in [2.45, 2.75) is 87.5 Å². The lowest BCUT2D eigenvalue weighted by Crippen LogP contribution is -2.62. The molecule has 7 heteroatoms. The van der Waals surface area contributed by atoms with Crippen molar-refractivity contribution in [3.05, 3.63) is 23.8 Å². The minimum absolute atomic E-state index is 0.0168. The Morgan fingerprint density at radius 3 is 2.76 bits per heavy atom. The van der Waals surface area contributed by atoms with E-state index < -0.39 is 20.7 Å². The summed E-state index contributed by atoms with van der Waals surface area (Å²) in [5, 5.41) is 23.3. The van der Waals surface area contributed by atoms with Gasteiger partial charge in [-0.25, -0.2) is 0 Å². The Morgan fingerprint density at radius 2 is 2.09 bits per heavy atom. The van der Waals surface area contributed by atoms with Crippen LogP contribution >= 0.6 is 22.6 Å². The molecule has 4 N–H and O–H groups in total. The van der Waals surface area contributed by atoms with Crippen LogP contribution in [-0.4, -0.2) is 50.2 Å². The number of allylic oxidation sites excluding steroid dienone is 4. The topological polar surface area (TPSA) is 110 Å². The van der Waals surface area contributed by atoms with Crippen molar-refractivity contribution in [1.29, 1.82) is 0 Å². The first kappa shape index (κ1) is 26.5. The van der Waals surface area contributed by atoms with Gasteiger partial charge in [-0.3, -0.25) is 9.59 Å². The SMILES string of the molecule is CCCCC(I)(CN)OCC(=O)[C@@]1(O)CC[C@H]2[C@@H]3CCC4=CC(=O)C=C[C@]4(C)[C@H]3[C@@H](O)C[C@@]21C. The van der Waals surface area contributed by atoms with Crippen LogP contribution in [0.5, 0.6) is 0 Å². The molecule has 0 heterocycles. The molecule has 0 amide bonds. The number of ketones is 2. The minimum atomic E-state index is -1.52. The fraction of sp³-hybridized carbons (Fsp3) is 0.778. The lowest BCUT2D eigenvalue weighted by molar-refractivity contribution is -0.181. The summed E-state index contributed by atoms with van der Waals surface area (Å²) in [6.45, 7) is 6.38. The highest BCUT2D eigenvalue weighted by Crippen LogP contribution is 2.67. The average Bonchev–Trinajstić information content (AvgIpc) is 3.07. The fourth-order valence-corrected chi connectivity index (χ4v) is 8.31. The van der Waals surface area contributed by atoms with Crippen LogP contribution < -0.4 is 5.73 Å². The molecule has 3 fully saturated rings. The smallest absolute Gasteiger partial charge is 0.190 e. The van der Waals surface area contributed by atoms with Gasteiger partial charge in [-0.1, -0.05) is 38.8 Å². The summed E-state index contributed by atoms with van der Waals surface area (Å²) in [6.07, 6.45) is 10.6. The predicted octanol–water partition coefficient (Wildman–Crippen LogP) is 3.86. The van der Waals surface area contributed by atoms with Crippen molar-refractivity contribution in [3.63, 3.8) is 0 Å². The number of alkyl halides is 1. The number of aliphatic hydroxyl groups excluding tert-OH is 1. The molecule has 0 radical (unpaired) electrons. The van der Waals surface area contributed by atoms with Gasteiger partial charge in [0.25, 0.3) is 0 Å². The molecule has 4 aliphatic rings. The summed E-state index contributed by atoms with van der Waals surface area (Å²) in [5.41, 5.74) is 4.47. The largest absolute Gasteiger partial charge is 0.393 e. The van der Waals surface area contributed by atoms with E-state index in [1.165, 1.54) is 0 Å². The lowest BCUT2D eigenvalue weighted by Gasteiger charge is -2.59. The molecule has 0 aromatic rings. The zero-order chi connectivity index (χ0) is 24.9. The van der Waals surface area contributed by atoms with Crippen LogP contribution in [0.2, 0.25) is 0 Å². The van der Waals surface area contributed by atoms with Crippen molar-refractivity contribution in [1.82, 2.24) is 0 Å². The van der Waals surface area contributed by atoms with E-state index in [0.717, 1.165) is 44.1 Å². The van der Waals surface area contributed by atoms with Crippen molar-refractivity contribution in [2.24, 2.45) is 34.3 Å². The summed E-state index contributed by atoms with van der Waals surface area (Å²) >= 11 is 2.20. The number of carbonyl (C=O) groups is 2. The Bertz CT molecular complexity index is 903. The summed E-state index contributed by atoms with van der Waals surface area (Å²) in [4.78, 5) is 25.5. The third-order valence-corrected chi connectivity index (χ3v) is 11.1. The van der Waals surface area contributed by atoms with Crippen molar-refractivity contribution < 1.29 is 24.5 Å². The molecule has 190 valence electrons. The van der Waals surface area contributed by atoms with Gasteiger partial charge in [-0.15, -0.1) is 0 Å². The van der Waals surface area contributed by atoms with E-state index in [-0.39, 0.29) is 41.3 Å². The first-order chi connectivity index (χ1) is 15.9. The van der Waals surface area contributed by atoms with Gasteiger partial charge in [0.15, 0.2) is 11.6 Å². The number of rotatable bonds is 8. The first-order valence-electron chi connectivity index (χ1n) is 12.8. The second-order valence-corrected chi connectivity index (χ2v) is 13.5. The van der Waals surface area contributed by atoms with Crippen LogP contribution in [-0.2, 0) is 14.3 Å². The summed E-state index contributed by atoms with van der Waals surface area (Å²) in [5.74, 6) is 0.0356. The van der Waals surface area contributed by atoms with E-state index in [9.17, 15) is 19.8 Å². The van der Waals surface area contributed by atoms with E-state index in [4.69, 9.17) is 10.5 Å². The summed E-state index contributed by atoms with van der Waals surface area (Å²) in [7, 11) is 0. The summed E-state index contributed by atoms with van der Waals surface area (Å²) < 4.78 is 5.41. The number of ether oxygens (including phenoxy) is 1. The molecule has 1 unspecified atom stereocenters. The molecule has 0 aromatic heterocycles. The van der Waals surface area contributed by atoms with Gasteiger partial charge >= 0.3 is 0 Å². The second-order valence-electron chi connectivity index (χ2n) is 11.5. The van der Waals surface area contributed by atoms with Crippen LogP contribution in [0.25, 0.3) is 0 Å². The number of hydrogen-bond donors (Lipinski definition) is 3. The molecule has 0 aliphatic heterocycles. The zero-order valence-electron chi connectivity index (χ0n) is 20.7.